The lowest BCUT2D eigenvalue weighted by molar-refractivity contribution is -0.201. The molecule has 2 unspecified atom stereocenters. The van der Waals surface area contributed by atoms with Crippen LogP contribution in [-0.4, -0.2) is 31.1 Å². The van der Waals surface area contributed by atoms with Gasteiger partial charge >= 0.3 is 5.97 Å². The minimum atomic E-state index is -0.529. The summed E-state index contributed by atoms with van der Waals surface area (Å²) in [5.41, 5.74) is 0.380. The Morgan fingerprint density at radius 3 is 2.15 bits per heavy atom. The van der Waals surface area contributed by atoms with E-state index in [0.29, 0.717) is 5.57 Å². The van der Waals surface area contributed by atoms with E-state index in [0.717, 1.165) is 25.7 Å². The standard InChI is InChI=1S/C16H22O4/c1-12(2)16(17)18-11-15(19-13-7-3-4-8-13)20-14-9-5-6-10-14/h3,5,7,9,13-15H,1,4,6,8,10-11H2,2H3. The van der Waals surface area contributed by atoms with Crippen molar-refractivity contribution in [3.63, 3.8) is 0 Å². The molecule has 110 valence electrons. The quantitative estimate of drug-likeness (QED) is 0.311. The van der Waals surface area contributed by atoms with Gasteiger partial charge in [-0.05, 0) is 32.6 Å². The van der Waals surface area contributed by atoms with E-state index in [4.69, 9.17) is 14.2 Å². The average Bonchev–Trinajstić information content (AvgIpc) is 3.08. The minimum absolute atomic E-state index is 0.0499. The maximum Gasteiger partial charge on any atom is 0.333 e. The summed E-state index contributed by atoms with van der Waals surface area (Å²) in [5.74, 6) is -0.411. The zero-order valence-corrected chi connectivity index (χ0v) is 11.9. The third kappa shape index (κ3) is 4.62. The monoisotopic (exact) mass is 278 g/mol. The Morgan fingerprint density at radius 1 is 1.20 bits per heavy atom. The van der Waals surface area contributed by atoms with Gasteiger partial charge in [-0.1, -0.05) is 30.9 Å². The molecule has 2 aliphatic carbocycles. The van der Waals surface area contributed by atoms with Gasteiger partial charge in [0.2, 0.25) is 0 Å². The number of hydrogen-bond acceptors (Lipinski definition) is 4. The largest absolute Gasteiger partial charge is 0.457 e. The summed E-state index contributed by atoms with van der Waals surface area (Å²) >= 11 is 0. The molecule has 2 atom stereocenters. The summed E-state index contributed by atoms with van der Waals surface area (Å²) in [4.78, 5) is 11.5. The first kappa shape index (κ1) is 15.0. The number of allylic oxidation sites excluding steroid dienone is 2. The van der Waals surface area contributed by atoms with E-state index in [1.54, 1.807) is 6.92 Å². The van der Waals surface area contributed by atoms with Crippen LogP contribution in [-0.2, 0) is 19.0 Å². The van der Waals surface area contributed by atoms with Crippen LogP contribution >= 0.6 is 0 Å². The molecule has 0 radical (unpaired) electrons. The molecule has 0 aliphatic heterocycles. The first-order chi connectivity index (χ1) is 9.65. The van der Waals surface area contributed by atoms with Crippen LogP contribution in [0.4, 0.5) is 0 Å². The fourth-order valence-corrected chi connectivity index (χ4v) is 2.20. The topological polar surface area (TPSA) is 44.8 Å². The Bertz CT molecular complexity index is 387. The Hall–Kier alpha value is -1.39. The number of ether oxygens (including phenoxy) is 3. The van der Waals surface area contributed by atoms with E-state index in [-0.39, 0.29) is 18.8 Å². The second-order valence-electron chi connectivity index (χ2n) is 5.17. The Morgan fingerprint density at radius 2 is 1.75 bits per heavy atom. The highest BCUT2D eigenvalue weighted by Crippen LogP contribution is 2.20. The summed E-state index contributed by atoms with van der Waals surface area (Å²) in [7, 11) is 0. The summed E-state index contributed by atoms with van der Waals surface area (Å²) in [6.07, 6.45) is 11.8. The van der Waals surface area contributed by atoms with Crippen LogP contribution in [0, 0.1) is 0 Å². The minimum Gasteiger partial charge on any atom is -0.457 e. The maximum absolute atomic E-state index is 11.5. The van der Waals surface area contributed by atoms with Gasteiger partial charge in [-0.3, -0.25) is 0 Å². The van der Waals surface area contributed by atoms with Crippen molar-refractivity contribution >= 4 is 5.97 Å². The fourth-order valence-electron chi connectivity index (χ4n) is 2.20. The highest BCUT2D eigenvalue weighted by atomic mass is 16.7. The van der Waals surface area contributed by atoms with E-state index in [1.165, 1.54) is 0 Å². The van der Waals surface area contributed by atoms with Crippen molar-refractivity contribution in [2.24, 2.45) is 0 Å². The number of rotatable bonds is 7. The van der Waals surface area contributed by atoms with Crippen molar-refractivity contribution < 1.29 is 19.0 Å². The number of hydrogen-bond donors (Lipinski definition) is 0. The second-order valence-corrected chi connectivity index (χ2v) is 5.17. The van der Waals surface area contributed by atoms with Crippen LogP contribution in [0.25, 0.3) is 0 Å². The molecule has 0 fully saturated rings. The molecular formula is C16H22O4. The highest BCUT2D eigenvalue weighted by molar-refractivity contribution is 5.86. The third-order valence-electron chi connectivity index (χ3n) is 3.29. The lowest BCUT2D eigenvalue weighted by Crippen LogP contribution is -2.31. The van der Waals surface area contributed by atoms with Crippen molar-refractivity contribution in [2.45, 2.75) is 51.1 Å². The van der Waals surface area contributed by atoms with Crippen molar-refractivity contribution in [2.75, 3.05) is 6.61 Å². The van der Waals surface area contributed by atoms with Gasteiger partial charge in [0.25, 0.3) is 0 Å². The van der Waals surface area contributed by atoms with Crippen LogP contribution in [0.2, 0.25) is 0 Å². The average molecular weight is 278 g/mol. The molecule has 0 spiro atoms. The SMILES string of the molecule is C=C(C)C(=O)OCC(OC1C=CCC1)OC1C=CCC1. The first-order valence-electron chi connectivity index (χ1n) is 7.12. The van der Waals surface area contributed by atoms with Crippen molar-refractivity contribution in [1.82, 2.24) is 0 Å². The molecule has 0 saturated carbocycles. The molecular weight excluding hydrogens is 256 g/mol. The van der Waals surface area contributed by atoms with Gasteiger partial charge in [-0.2, -0.15) is 0 Å². The Labute approximate surface area is 120 Å². The predicted octanol–water partition coefficient (Wildman–Crippen LogP) is 2.90. The van der Waals surface area contributed by atoms with E-state index >= 15 is 0 Å². The second kappa shape index (κ2) is 7.41. The van der Waals surface area contributed by atoms with Gasteiger partial charge in [0, 0.05) is 5.57 Å². The van der Waals surface area contributed by atoms with Gasteiger partial charge in [0.05, 0.1) is 12.2 Å². The third-order valence-corrected chi connectivity index (χ3v) is 3.29. The summed E-state index contributed by atoms with van der Waals surface area (Å²) in [6, 6.07) is 0. The van der Waals surface area contributed by atoms with E-state index in [1.807, 2.05) is 12.2 Å². The number of carbonyl (C=O) groups is 1. The predicted molar refractivity (Wildman–Crippen MR) is 76.1 cm³/mol. The van der Waals surface area contributed by atoms with Gasteiger partial charge in [-0.25, -0.2) is 4.79 Å². The molecule has 0 aromatic carbocycles. The highest BCUT2D eigenvalue weighted by Gasteiger charge is 2.23. The molecule has 0 saturated heterocycles. The van der Waals surface area contributed by atoms with Crippen LogP contribution in [0.1, 0.15) is 32.6 Å². The molecule has 2 rings (SSSR count). The molecule has 4 heteroatoms. The number of carbonyl (C=O) groups excluding carboxylic acids is 1. The van der Waals surface area contributed by atoms with Crippen LogP contribution in [0.3, 0.4) is 0 Å². The van der Waals surface area contributed by atoms with Crippen LogP contribution < -0.4 is 0 Å². The van der Waals surface area contributed by atoms with Crippen molar-refractivity contribution in [3.05, 3.63) is 36.5 Å². The van der Waals surface area contributed by atoms with Crippen molar-refractivity contribution in [3.8, 4) is 0 Å². The zero-order chi connectivity index (χ0) is 14.4. The summed E-state index contributed by atoms with van der Waals surface area (Å²) < 4.78 is 16.9. The zero-order valence-electron chi connectivity index (χ0n) is 11.9. The van der Waals surface area contributed by atoms with E-state index < -0.39 is 12.3 Å². The summed E-state index contributed by atoms with van der Waals surface area (Å²) in [5, 5.41) is 0. The van der Waals surface area contributed by atoms with Crippen LogP contribution in [0.5, 0.6) is 0 Å². The summed E-state index contributed by atoms with van der Waals surface area (Å²) in [6.45, 7) is 5.28. The molecule has 2 aliphatic rings. The Kier molecular flexibility index (Phi) is 5.56. The molecule has 0 aromatic rings. The normalized spacial score (nSPS) is 25.9. The molecule has 0 bridgehead atoms. The molecule has 20 heavy (non-hydrogen) atoms. The molecule has 0 heterocycles. The first-order valence-corrected chi connectivity index (χ1v) is 7.12. The number of esters is 1. The smallest absolute Gasteiger partial charge is 0.333 e. The fraction of sp³-hybridized carbons (Fsp3) is 0.562. The molecule has 4 nitrogen and oxygen atoms in total. The van der Waals surface area contributed by atoms with Gasteiger partial charge in [0.15, 0.2) is 6.29 Å². The van der Waals surface area contributed by atoms with Gasteiger partial charge in [-0.15, -0.1) is 0 Å². The lowest BCUT2D eigenvalue weighted by Gasteiger charge is -2.24. The molecule has 0 amide bonds. The Balaban J connectivity index is 1.84. The lowest BCUT2D eigenvalue weighted by atomic mass is 10.3. The van der Waals surface area contributed by atoms with E-state index in [9.17, 15) is 4.79 Å². The van der Waals surface area contributed by atoms with E-state index in [2.05, 4.69) is 18.7 Å². The van der Waals surface area contributed by atoms with Gasteiger partial charge in [0.1, 0.15) is 6.61 Å². The molecule has 0 aromatic heterocycles. The maximum atomic E-state index is 11.5. The van der Waals surface area contributed by atoms with Gasteiger partial charge < -0.3 is 14.2 Å². The van der Waals surface area contributed by atoms with Crippen LogP contribution in [0.15, 0.2) is 36.5 Å². The molecule has 0 N–H and O–H groups in total. The van der Waals surface area contributed by atoms with Crippen molar-refractivity contribution in [1.29, 1.82) is 0 Å².